The molecule has 0 unspecified atom stereocenters. The van der Waals surface area contributed by atoms with Gasteiger partial charge in [-0.05, 0) is 56.3 Å². The van der Waals surface area contributed by atoms with Crippen LogP contribution in [0.4, 0.5) is 5.69 Å². The normalized spacial score (nSPS) is 11.9. The van der Waals surface area contributed by atoms with Crippen LogP contribution in [0.5, 0.6) is 11.5 Å². The van der Waals surface area contributed by atoms with E-state index in [-0.39, 0.29) is 11.5 Å². The smallest absolute Gasteiger partial charge is 0.120 e. The second-order valence-corrected chi connectivity index (χ2v) is 6.04. The lowest BCUT2D eigenvalue weighted by atomic mass is 10.1. The van der Waals surface area contributed by atoms with Crippen LogP contribution in [0.25, 0.3) is 0 Å². The van der Waals surface area contributed by atoms with Gasteiger partial charge in [0.2, 0.25) is 0 Å². The van der Waals surface area contributed by atoms with E-state index in [1.165, 1.54) is 17.7 Å². The molecular formula is C20H24N2O2. The van der Waals surface area contributed by atoms with Crippen molar-refractivity contribution in [3.63, 3.8) is 0 Å². The van der Waals surface area contributed by atoms with Crippen molar-refractivity contribution in [2.75, 3.05) is 18.9 Å². The molecule has 4 heteroatoms. The Bertz CT molecular complexity index is 705. The van der Waals surface area contributed by atoms with Crippen LogP contribution >= 0.6 is 0 Å². The van der Waals surface area contributed by atoms with E-state index in [9.17, 15) is 10.2 Å². The van der Waals surface area contributed by atoms with Crippen molar-refractivity contribution in [2.45, 2.75) is 25.9 Å². The van der Waals surface area contributed by atoms with Gasteiger partial charge in [0, 0.05) is 23.8 Å². The maximum absolute atomic E-state index is 9.78. The van der Waals surface area contributed by atoms with Crippen LogP contribution in [0, 0.1) is 12.3 Å². The molecule has 0 radical (unpaired) electrons. The van der Waals surface area contributed by atoms with Crippen LogP contribution in [0.1, 0.15) is 18.1 Å². The Hall–Kier alpha value is -2.64. The zero-order chi connectivity index (χ0) is 17.5. The first-order valence-electron chi connectivity index (χ1n) is 7.97. The molecule has 4 nitrogen and oxygen atoms in total. The molecule has 0 aliphatic carbocycles. The highest BCUT2D eigenvalue weighted by Gasteiger charge is 2.09. The standard InChI is InChI=1S/C20H24N2O2/c1-4-11-22(3)15(2)12-16-5-7-18(8-6-16)21-14-17-13-19(23)9-10-20(17)24/h1,5-10,13,15,21,23-24H,11-12,14H2,2-3H3/t15-/m1/s1. The molecule has 0 saturated heterocycles. The Morgan fingerprint density at radius 1 is 1.17 bits per heavy atom. The van der Waals surface area contributed by atoms with Crippen molar-refractivity contribution < 1.29 is 10.2 Å². The van der Waals surface area contributed by atoms with Crippen LogP contribution in [-0.4, -0.2) is 34.7 Å². The molecule has 0 heterocycles. The molecule has 3 N–H and O–H groups in total. The summed E-state index contributed by atoms with van der Waals surface area (Å²) in [5.41, 5.74) is 2.87. The SMILES string of the molecule is C#CCN(C)[C@H](C)Cc1ccc(NCc2cc(O)ccc2O)cc1. The second kappa shape index (κ2) is 8.28. The molecule has 24 heavy (non-hydrogen) atoms. The quantitative estimate of drug-likeness (QED) is 0.541. The highest BCUT2D eigenvalue weighted by Crippen LogP contribution is 2.23. The van der Waals surface area contributed by atoms with Crippen molar-refractivity contribution in [3.05, 3.63) is 53.6 Å². The van der Waals surface area contributed by atoms with E-state index >= 15 is 0 Å². The zero-order valence-electron chi connectivity index (χ0n) is 14.2. The molecule has 0 aliphatic rings. The average molecular weight is 324 g/mol. The minimum atomic E-state index is 0.144. The summed E-state index contributed by atoms with van der Waals surface area (Å²) in [7, 11) is 2.03. The lowest BCUT2D eigenvalue weighted by Crippen LogP contribution is -2.31. The summed E-state index contributed by atoms with van der Waals surface area (Å²) in [6, 6.07) is 13.1. The third-order valence-electron chi connectivity index (χ3n) is 4.12. The largest absolute Gasteiger partial charge is 0.508 e. The number of phenolic OH excluding ortho intramolecular Hbond substituents is 2. The first-order valence-corrected chi connectivity index (χ1v) is 7.97. The van der Waals surface area contributed by atoms with Gasteiger partial charge >= 0.3 is 0 Å². The lowest BCUT2D eigenvalue weighted by Gasteiger charge is -2.22. The molecule has 0 bridgehead atoms. The Morgan fingerprint density at radius 2 is 1.88 bits per heavy atom. The van der Waals surface area contributed by atoms with Gasteiger partial charge in [0.05, 0.1) is 6.54 Å². The van der Waals surface area contributed by atoms with Crippen LogP contribution in [0.15, 0.2) is 42.5 Å². The highest BCUT2D eigenvalue weighted by atomic mass is 16.3. The predicted molar refractivity (Wildman–Crippen MR) is 98.2 cm³/mol. The van der Waals surface area contributed by atoms with Gasteiger partial charge in [0.25, 0.3) is 0 Å². The minimum Gasteiger partial charge on any atom is -0.508 e. The number of terminal acetylenes is 1. The number of nitrogens with zero attached hydrogens (tertiary/aromatic N) is 1. The van der Waals surface area contributed by atoms with Gasteiger partial charge in [0.15, 0.2) is 0 Å². The molecular weight excluding hydrogens is 300 g/mol. The van der Waals surface area contributed by atoms with Gasteiger partial charge < -0.3 is 15.5 Å². The number of aromatic hydroxyl groups is 2. The van der Waals surface area contributed by atoms with E-state index in [1.807, 2.05) is 19.2 Å². The van der Waals surface area contributed by atoms with Gasteiger partial charge in [-0.25, -0.2) is 0 Å². The highest BCUT2D eigenvalue weighted by molar-refractivity contribution is 5.47. The van der Waals surface area contributed by atoms with Crippen LogP contribution in [0.2, 0.25) is 0 Å². The van der Waals surface area contributed by atoms with Crippen molar-refractivity contribution in [1.29, 1.82) is 0 Å². The third kappa shape index (κ3) is 4.94. The number of hydrogen-bond donors (Lipinski definition) is 3. The molecule has 2 rings (SSSR count). The fourth-order valence-electron chi connectivity index (χ4n) is 2.47. The number of anilines is 1. The summed E-state index contributed by atoms with van der Waals surface area (Å²) in [5, 5.41) is 22.5. The lowest BCUT2D eigenvalue weighted by molar-refractivity contribution is 0.287. The first kappa shape index (κ1) is 17.7. The summed E-state index contributed by atoms with van der Waals surface area (Å²) in [6.45, 7) is 3.25. The fraction of sp³-hybridized carbons (Fsp3) is 0.300. The Morgan fingerprint density at radius 3 is 2.54 bits per heavy atom. The van der Waals surface area contributed by atoms with E-state index in [0.717, 1.165) is 12.1 Å². The molecule has 0 aliphatic heterocycles. The number of phenols is 2. The van der Waals surface area contributed by atoms with E-state index in [4.69, 9.17) is 6.42 Å². The van der Waals surface area contributed by atoms with Gasteiger partial charge in [-0.3, -0.25) is 4.90 Å². The van der Waals surface area contributed by atoms with Gasteiger partial charge in [-0.1, -0.05) is 18.1 Å². The number of nitrogens with one attached hydrogen (secondary N) is 1. The van der Waals surface area contributed by atoms with Crippen molar-refractivity contribution in [3.8, 4) is 23.8 Å². The predicted octanol–water partition coefficient (Wildman–Crippen LogP) is 3.21. The van der Waals surface area contributed by atoms with E-state index in [1.54, 1.807) is 6.07 Å². The number of hydrogen-bond acceptors (Lipinski definition) is 4. The first-order chi connectivity index (χ1) is 11.5. The summed E-state index contributed by atoms with van der Waals surface area (Å²) < 4.78 is 0. The molecule has 2 aromatic rings. The maximum Gasteiger partial charge on any atom is 0.120 e. The molecule has 0 fully saturated rings. The van der Waals surface area contributed by atoms with Gasteiger partial charge in [-0.2, -0.15) is 0 Å². The van der Waals surface area contributed by atoms with Crippen molar-refractivity contribution >= 4 is 5.69 Å². The van der Waals surface area contributed by atoms with Crippen molar-refractivity contribution in [2.24, 2.45) is 0 Å². The van der Waals surface area contributed by atoms with Crippen LogP contribution in [0.3, 0.4) is 0 Å². The third-order valence-corrected chi connectivity index (χ3v) is 4.12. The molecule has 1 atom stereocenters. The monoisotopic (exact) mass is 324 g/mol. The average Bonchev–Trinajstić information content (AvgIpc) is 2.57. The van der Waals surface area contributed by atoms with Crippen molar-refractivity contribution in [1.82, 2.24) is 4.90 Å². The molecule has 0 amide bonds. The zero-order valence-corrected chi connectivity index (χ0v) is 14.2. The van der Waals surface area contributed by atoms with Gasteiger partial charge in [-0.15, -0.1) is 6.42 Å². The molecule has 0 spiro atoms. The maximum atomic E-state index is 9.78. The van der Waals surface area contributed by atoms with E-state index < -0.39 is 0 Å². The Balaban J connectivity index is 1.92. The minimum absolute atomic E-state index is 0.144. The molecule has 2 aromatic carbocycles. The topological polar surface area (TPSA) is 55.7 Å². The summed E-state index contributed by atoms with van der Waals surface area (Å²) in [5.74, 6) is 2.97. The van der Waals surface area contributed by atoms with E-state index in [0.29, 0.717) is 24.7 Å². The second-order valence-electron chi connectivity index (χ2n) is 6.04. The number of benzene rings is 2. The number of likely N-dealkylation sites (N-methyl/N-ethyl adjacent to an activating group) is 1. The van der Waals surface area contributed by atoms with E-state index in [2.05, 4.69) is 35.2 Å². The summed E-state index contributed by atoms with van der Waals surface area (Å²) in [6.07, 6.45) is 6.28. The fourth-order valence-corrected chi connectivity index (χ4v) is 2.47. The molecule has 0 aromatic heterocycles. The summed E-state index contributed by atoms with van der Waals surface area (Å²) in [4.78, 5) is 2.15. The van der Waals surface area contributed by atoms with Gasteiger partial charge in [0.1, 0.15) is 11.5 Å². The Kier molecular flexibility index (Phi) is 6.11. The Labute approximate surface area is 143 Å². The van der Waals surface area contributed by atoms with Crippen LogP contribution < -0.4 is 5.32 Å². The molecule has 126 valence electrons. The molecule has 0 saturated carbocycles. The van der Waals surface area contributed by atoms with Crippen LogP contribution in [-0.2, 0) is 13.0 Å². The number of rotatable bonds is 7. The summed E-state index contributed by atoms with van der Waals surface area (Å²) >= 11 is 0.